The average molecular weight is 346 g/mol. The Morgan fingerprint density at radius 3 is 2.17 bits per heavy atom. The first-order valence-corrected chi connectivity index (χ1v) is 8.95. The fourth-order valence-electron chi connectivity index (χ4n) is 2.89. The highest BCUT2D eigenvalue weighted by molar-refractivity contribution is 6.30. The van der Waals surface area contributed by atoms with Crippen molar-refractivity contribution in [2.45, 2.75) is 52.1 Å². The smallest absolute Gasteiger partial charge is 0.286 e. The van der Waals surface area contributed by atoms with Crippen molar-refractivity contribution in [1.29, 1.82) is 0 Å². The van der Waals surface area contributed by atoms with E-state index in [0.29, 0.717) is 17.5 Å². The fourth-order valence-corrected chi connectivity index (χ4v) is 3.02. The first-order chi connectivity index (χ1) is 11.5. The lowest BCUT2D eigenvalue weighted by atomic mass is 9.95. The lowest BCUT2D eigenvalue weighted by Crippen LogP contribution is -2.43. The van der Waals surface area contributed by atoms with Crippen molar-refractivity contribution in [3.05, 3.63) is 64.9 Å². The lowest BCUT2D eigenvalue weighted by molar-refractivity contribution is -0.684. The van der Waals surface area contributed by atoms with Gasteiger partial charge in [0.2, 0.25) is 6.54 Å². The number of benzene rings is 1. The van der Waals surface area contributed by atoms with Crippen molar-refractivity contribution in [2.24, 2.45) is 0 Å². The van der Waals surface area contributed by atoms with Crippen LogP contribution in [0.25, 0.3) is 0 Å². The molecule has 0 fully saturated rings. The minimum absolute atomic E-state index is 0.00210. The third-order valence-electron chi connectivity index (χ3n) is 4.45. The van der Waals surface area contributed by atoms with Crippen LogP contribution in [-0.4, -0.2) is 5.91 Å². The number of pyridine rings is 1. The van der Waals surface area contributed by atoms with E-state index < -0.39 is 0 Å². The highest BCUT2D eigenvalue weighted by Crippen LogP contribution is 2.21. The van der Waals surface area contributed by atoms with Gasteiger partial charge >= 0.3 is 0 Å². The molecule has 0 saturated carbocycles. The Hall–Kier alpha value is -1.87. The van der Waals surface area contributed by atoms with E-state index in [1.807, 2.05) is 48.1 Å². The molecular weight excluding hydrogens is 320 g/mol. The third-order valence-corrected chi connectivity index (χ3v) is 4.70. The van der Waals surface area contributed by atoms with Crippen molar-refractivity contribution in [1.82, 2.24) is 5.32 Å². The van der Waals surface area contributed by atoms with Crippen LogP contribution in [0, 0.1) is 0 Å². The molecule has 0 bridgehead atoms. The van der Waals surface area contributed by atoms with E-state index in [2.05, 4.69) is 31.3 Å². The number of hydrogen-bond acceptors (Lipinski definition) is 1. The maximum atomic E-state index is 12.2. The van der Waals surface area contributed by atoms with Crippen LogP contribution >= 0.6 is 11.6 Å². The molecule has 128 valence electrons. The molecule has 24 heavy (non-hydrogen) atoms. The number of nitrogens with one attached hydrogen (secondary N) is 1. The molecule has 0 unspecified atom stereocenters. The molecule has 2 rings (SSSR count). The van der Waals surface area contributed by atoms with Gasteiger partial charge in [-0.2, -0.15) is 4.57 Å². The summed E-state index contributed by atoms with van der Waals surface area (Å²) in [6, 6.07) is 11.7. The molecule has 0 aliphatic rings. The topological polar surface area (TPSA) is 33.0 Å². The van der Waals surface area contributed by atoms with Crippen LogP contribution in [0.1, 0.15) is 56.7 Å². The van der Waals surface area contributed by atoms with Gasteiger partial charge in [0.15, 0.2) is 12.4 Å². The summed E-state index contributed by atoms with van der Waals surface area (Å²) in [7, 11) is 0. The Labute approximate surface area is 149 Å². The van der Waals surface area contributed by atoms with Crippen LogP contribution in [-0.2, 0) is 11.3 Å². The van der Waals surface area contributed by atoms with E-state index in [0.717, 1.165) is 18.4 Å². The molecule has 1 heterocycles. The molecule has 1 atom stereocenters. The van der Waals surface area contributed by atoms with Gasteiger partial charge in [-0.25, -0.2) is 0 Å². The number of carbonyl (C=O) groups excluding carboxylic acids is 1. The normalized spacial score (nSPS) is 12.2. The Kier molecular flexibility index (Phi) is 6.80. The Morgan fingerprint density at radius 1 is 1.04 bits per heavy atom. The summed E-state index contributed by atoms with van der Waals surface area (Å²) in [5.41, 5.74) is 2.38. The molecule has 2 aromatic rings. The van der Waals surface area contributed by atoms with Gasteiger partial charge in [0.05, 0.1) is 6.04 Å². The van der Waals surface area contributed by atoms with Gasteiger partial charge in [0.25, 0.3) is 5.91 Å². The fraction of sp³-hybridized carbons (Fsp3) is 0.400. The predicted molar refractivity (Wildman–Crippen MR) is 98.0 cm³/mol. The number of rotatable bonds is 7. The summed E-state index contributed by atoms with van der Waals surface area (Å²) < 4.78 is 1.91. The largest absolute Gasteiger partial charge is 0.344 e. The predicted octanol–water partition coefficient (Wildman–Crippen LogP) is 4.41. The molecule has 1 aromatic carbocycles. The molecule has 1 amide bonds. The van der Waals surface area contributed by atoms with Crippen LogP contribution in [0.3, 0.4) is 0 Å². The summed E-state index contributed by atoms with van der Waals surface area (Å²) in [6.07, 6.45) is 6.25. The number of aromatic nitrogens is 1. The zero-order chi connectivity index (χ0) is 17.5. The van der Waals surface area contributed by atoms with E-state index >= 15 is 0 Å². The first-order valence-electron chi connectivity index (χ1n) is 8.57. The van der Waals surface area contributed by atoms with E-state index in [4.69, 9.17) is 11.6 Å². The van der Waals surface area contributed by atoms with Gasteiger partial charge in [0, 0.05) is 17.2 Å². The minimum Gasteiger partial charge on any atom is -0.344 e. The second-order valence-corrected chi connectivity index (χ2v) is 6.59. The lowest BCUT2D eigenvalue weighted by Gasteiger charge is -2.14. The number of halogens is 1. The molecule has 3 nitrogen and oxygen atoms in total. The SMILES string of the molecule is CCC(CC)c1cc[n+](CC(=O)N[C@@H](C)c2ccc(Cl)cc2)cc1. The Balaban J connectivity index is 1.93. The molecule has 0 aliphatic carbocycles. The van der Waals surface area contributed by atoms with Crippen molar-refractivity contribution >= 4 is 17.5 Å². The highest BCUT2D eigenvalue weighted by Gasteiger charge is 2.14. The molecular formula is C20H26ClN2O+. The zero-order valence-corrected chi connectivity index (χ0v) is 15.4. The van der Waals surface area contributed by atoms with Crippen LogP contribution in [0.15, 0.2) is 48.8 Å². The molecule has 1 N–H and O–H groups in total. The molecule has 1 aromatic heterocycles. The van der Waals surface area contributed by atoms with Gasteiger partial charge in [-0.3, -0.25) is 4.79 Å². The molecule has 0 radical (unpaired) electrons. The second kappa shape index (κ2) is 8.84. The molecule has 0 spiro atoms. The monoisotopic (exact) mass is 345 g/mol. The third kappa shape index (κ3) is 5.07. The van der Waals surface area contributed by atoms with Gasteiger partial charge < -0.3 is 5.32 Å². The van der Waals surface area contributed by atoms with E-state index in [-0.39, 0.29) is 11.9 Å². The van der Waals surface area contributed by atoms with Crippen molar-refractivity contribution in [2.75, 3.05) is 0 Å². The minimum atomic E-state index is -0.0424. The van der Waals surface area contributed by atoms with Crippen LogP contribution in [0.2, 0.25) is 5.02 Å². The summed E-state index contributed by atoms with van der Waals surface area (Å²) in [4.78, 5) is 12.2. The molecule has 0 saturated heterocycles. The quantitative estimate of drug-likeness (QED) is 0.741. The van der Waals surface area contributed by atoms with Gasteiger partial charge in [-0.15, -0.1) is 0 Å². The van der Waals surface area contributed by atoms with E-state index in [9.17, 15) is 4.79 Å². The Morgan fingerprint density at radius 2 is 1.62 bits per heavy atom. The maximum Gasteiger partial charge on any atom is 0.286 e. The number of carbonyl (C=O) groups is 1. The summed E-state index contributed by atoms with van der Waals surface area (Å²) in [5.74, 6) is 0.594. The van der Waals surface area contributed by atoms with Gasteiger partial charge in [-0.1, -0.05) is 37.6 Å². The van der Waals surface area contributed by atoms with E-state index in [1.54, 1.807) is 0 Å². The van der Waals surface area contributed by atoms with Crippen molar-refractivity contribution in [3.63, 3.8) is 0 Å². The van der Waals surface area contributed by atoms with Gasteiger partial charge in [-0.05, 0) is 48.9 Å². The van der Waals surface area contributed by atoms with Crippen molar-refractivity contribution < 1.29 is 9.36 Å². The highest BCUT2D eigenvalue weighted by atomic mass is 35.5. The molecule has 0 aliphatic heterocycles. The average Bonchev–Trinajstić information content (AvgIpc) is 2.58. The van der Waals surface area contributed by atoms with Crippen LogP contribution in [0.5, 0.6) is 0 Å². The van der Waals surface area contributed by atoms with Gasteiger partial charge in [0.1, 0.15) is 0 Å². The van der Waals surface area contributed by atoms with Crippen LogP contribution in [0.4, 0.5) is 0 Å². The second-order valence-electron chi connectivity index (χ2n) is 6.16. The summed E-state index contributed by atoms with van der Waals surface area (Å²) in [5, 5.41) is 3.72. The first kappa shape index (κ1) is 18.5. The Bertz CT molecular complexity index is 648. The van der Waals surface area contributed by atoms with Crippen LogP contribution < -0.4 is 9.88 Å². The zero-order valence-electron chi connectivity index (χ0n) is 14.6. The summed E-state index contributed by atoms with van der Waals surface area (Å²) in [6.45, 7) is 6.71. The molecule has 4 heteroatoms. The maximum absolute atomic E-state index is 12.2. The number of amides is 1. The summed E-state index contributed by atoms with van der Waals surface area (Å²) >= 11 is 5.89. The number of nitrogens with zero attached hydrogens (tertiary/aromatic N) is 1. The number of hydrogen-bond donors (Lipinski definition) is 1. The van der Waals surface area contributed by atoms with E-state index in [1.165, 1.54) is 5.56 Å². The standard InChI is InChI=1S/C20H25ClN2O/c1-4-16(5-2)18-10-12-23(13-11-18)14-20(24)22-15(3)17-6-8-19(21)9-7-17/h6-13,15-16H,4-5,14H2,1-3H3/p+1/t15-/m0/s1. The van der Waals surface area contributed by atoms with Crippen molar-refractivity contribution in [3.8, 4) is 0 Å².